The average Bonchev–Trinajstić information content (AvgIpc) is 2.50. The second-order valence-corrected chi connectivity index (χ2v) is 5.94. The summed E-state index contributed by atoms with van der Waals surface area (Å²) in [4.78, 5) is 29.3. The first-order chi connectivity index (χ1) is 9.99. The number of piperazine rings is 1. The molecule has 0 aromatic carbocycles. The van der Waals surface area contributed by atoms with E-state index in [9.17, 15) is 9.59 Å². The topological polar surface area (TPSA) is 69.9 Å². The van der Waals surface area contributed by atoms with Crippen LogP contribution in [0.3, 0.4) is 0 Å². The van der Waals surface area contributed by atoms with Gasteiger partial charge in [0.05, 0.1) is 0 Å². The average molecular weight is 298 g/mol. The van der Waals surface area contributed by atoms with Gasteiger partial charge in [-0.1, -0.05) is 13.3 Å². The largest absolute Gasteiger partial charge is 0.339 e. The van der Waals surface area contributed by atoms with E-state index in [1.165, 1.54) is 0 Å². The van der Waals surface area contributed by atoms with Gasteiger partial charge in [0.2, 0.25) is 5.91 Å². The van der Waals surface area contributed by atoms with Crippen molar-refractivity contribution in [3.05, 3.63) is 0 Å². The van der Waals surface area contributed by atoms with Gasteiger partial charge in [-0.3, -0.25) is 4.79 Å². The zero-order chi connectivity index (χ0) is 15.8. The number of amides is 3. The first-order valence-corrected chi connectivity index (χ1v) is 7.93. The maximum atomic E-state index is 12.2. The lowest BCUT2D eigenvalue weighted by Crippen LogP contribution is -2.52. The summed E-state index contributed by atoms with van der Waals surface area (Å²) in [5.41, 5.74) is 5.59. The maximum absolute atomic E-state index is 12.2. The second-order valence-electron chi connectivity index (χ2n) is 5.94. The molecular formula is C15H30N4O2. The van der Waals surface area contributed by atoms with E-state index in [0.29, 0.717) is 45.1 Å². The molecule has 1 aliphatic rings. The number of hydrogen-bond acceptors (Lipinski definition) is 3. The Balaban J connectivity index is 2.33. The molecule has 1 saturated heterocycles. The molecule has 6 heteroatoms. The van der Waals surface area contributed by atoms with Crippen LogP contribution < -0.4 is 5.73 Å². The van der Waals surface area contributed by atoms with Crippen LogP contribution in [0.1, 0.15) is 32.6 Å². The van der Waals surface area contributed by atoms with E-state index in [-0.39, 0.29) is 11.9 Å². The van der Waals surface area contributed by atoms with Crippen molar-refractivity contribution in [3.63, 3.8) is 0 Å². The first-order valence-electron chi connectivity index (χ1n) is 7.93. The highest BCUT2D eigenvalue weighted by Crippen LogP contribution is 2.16. The predicted octanol–water partition coefficient (Wildman–Crippen LogP) is 0.967. The molecule has 1 unspecified atom stereocenters. The summed E-state index contributed by atoms with van der Waals surface area (Å²) < 4.78 is 0. The van der Waals surface area contributed by atoms with E-state index in [0.717, 1.165) is 19.3 Å². The molecule has 122 valence electrons. The quantitative estimate of drug-likeness (QED) is 0.794. The molecule has 0 spiro atoms. The molecule has 1 fully saturated rings. The molecule has 0 saturated carbocycles. The van der Waals surface area contributed by atoms with Crippen molar-refractivity contribution >= 4 is 11.9 Å². The van der Waals surface area contributed by atoms with Crippen molar-refractivity contribution in [2.45, 2.75) is 32.6 Å². The molecule has 21 heavy (non-hydrogen) atoms. The summed E-state index contributed by atoms with van der Waals surface area (Å²) in [5, 5.41) is 0. The van der Waals surface area contributed by atoms with Crippen LogP contribution in [-0.4, -0.2) is 73.5 Å². The van der Waals surface area contributed by atoms with Crippen LogP contribution in [-0.2, 0) is 4.79 Å². The van der Waals surface area contributed by atoms with Gasteiger partial charge in [-0.25, -0.2) is 4.79 Å². The Morgan fingerprint density at radius 2 is 1.67 bits per heavy atom. The molecule has 6 nitrogen and oxygen atoms in total. The molecule has 2 N–H and O–H groups in total. The Labute approximate surface area is 128 Å². The van der Waals surface area contributed by atoms with Gasteiger partial charge >= 0.3 is 6.03 Å². The van der Waals surface area contributed by atoms with Crippen molar-refractivity contribution in [2.24, 2.45) is 11.7 Å². The van der Waals surface area contributed by atoms with Gasteiger partial charge in [0.1, 0.15) is 0 Å². The number of urea groups is 1. The molecule has 0 aromatic rings. The summed E-state index contributed by atoms with van der Waals surface area (Å²) in [5.74, 6) is 0.762. The first kappa shape index (κ1) is 17.8. The SMILES string of the molecule is CCC(CCN)CCC(=O)N1CCN(C(=O)N(C)C)CC1. The lowest BCUT2D eigenvalue weighted by atomic mass is 9.96. The standard InChI is InChI=1S/C15H30N4O2/c1-4-13(7-8-16)5-6-14(20)18-9-11-19(12-10-18)15(21)17(2)3/h13H,4-12,16H2,1-3H3. The molecule has 1 atom stereocenters. The number of rotatable bonds is 6. The van der Waals surface area contributed by atoms with E-state index in [1.807, 2.05) is 4.90 Å². The zero-order valence-electron chi connectivity index (χ0n) is 13.7. The van der Waals surface area contributed by atoms with Crippen LogP contribution >= 0.6 is 0 Å². The molecule has 1 rings (SSSR count). The van der Waals surface area contributed by atoms with Gasteiger partial charge in [0.25, 0.3) is 0 Å². The Bertz CT molecular complexity index is 339. The Morgan fingerprint density at radius 1 is 1.10 bits per heavy atom. The molecule has 0 radical (unpaired) electrons. The van der Waals surface area contributed by atoms with E-state index in [2.05, 4.69) is 6.92 Å². The van der Waals surface area contributed by atoms with E-state index in [4.69, 9.17) is 5.73 Å². The van der Waals surface area contributed by atoms with E-state index < -0.39 is 0 Å². The highest BCUT2D eigenvalue weighted by Gasteiger charge is 2.24. The van der Waals surface area contributed by atoms with Gasteiger partial charge in [0, 0.05) is 46.7 Å². The van der Waals surface area contributed by atoms with Crippen LogP contribution in [0.25, 0.3) is 0 Å². The molecular weight excluding hydrogens is 268 g/mol. The number of hydrogen-bond donors (Lipinski definition) is 1. The minimum Gasteiger partial charge on any atom is -0.339 e. The third-order valence-corrected chi connectivity index (χ3v) is 4.20. The van der Waals surface area contributed by atoms with Crippen molar-refractivity contribution in [1.29, 1.82) is 0 Å². The smallest absolute Gasteiger partial charge is 0.319 e. The van der Waals surface area contributed by atoms with Gasteiger partial charge in [-0.05, 0) is 25.3 Å². The molecule has 0 aromatic heterocycles. The van der Waals surface area contributed by atoms with Gasteiger partial charge in [-0.15, -0.1) is 0 Å². The van der Waals surface area contributed by atoms with E-state index in [1.54, 1.807) is 23.9 Å². The van der Waals surface area contributed by atoms with Crippen LogP contribution in [0.2, 0.25) is 0 Å². The number of carbonyl (C=O) groups is 2. The van der Waals surface area contributed by atoms with Crippen LogP contribution in [0.15, 0.2) is 0 Å². The third kappa shape index (κ3) is 5.53. The Kier molecular flexibility index (Phi) is 7.50. The van der Waals surface area contributed by atoms with Crippen LogP contribution in [0.5, 0.6) is 0 Å². The monoisotopic (exact) mass is 298 g/mol. The molecule has 1 aliphatic heterocycles. The number of nitrogens with zero attached hydrogens (tertiary/aromatic N) is 3. The predicted molar refractivity (Wildman–Crippen MR) is 83.9 cm³/mol. The van der Waals surface area contributed by atoms with Gasteiger partial charge < -0.3 is 20.4 Å². The van der Waals surface area contributed by atoms with Gasteiger partial charge in [-0.2, -0.15) is 0 Å². The summed E-state index contributed by atoms with van der Waals surface area (Å²) in [6.45, 7) is 5.39. The van der Waals surface area contributed by atoms with E-state index >= 15 is 0 Å². The minimum absolute atomic E-state index is 0.0242. The highest BCUT2D eigenvalue weighted by molar-refractivity contribution is 5.77. The van der Waals surface area contributed by atoms with Gasteiger partial charge in [0.15, 0.2) is 0 Å². The summed E-state index contributed by atoms with van der Waals surface area (Å²) in [7, 11) is 3.50. The Hall–Kier alpha value is -1.30. The third-order valence-electron chi connectivity index (χ3n) is 4.20. The fourth-order valence-electron chi connectivity index (χ4n) is 2.70. The zero-order valence-corrected chi connectivity index (χ0v) is 13.7. The molecule has 1 heterocycles. The molecule has 0 bridgehead atoms. The molecule has 3 amide bonds. The highest BCUT2D eigenvalue weighted by atomic mass is 16.2. The maximum Gasteiger partial charge on any atom is 0.319 e. The lowest BCUT2D eigenvalue weighted by Gasteiger charge is -2.36. The lowest BCUT2D eigenvalue weighted by molar-refractivity contribution is -0.133. The van der Waals surface area contributed by atoms with Crippen LogP contribution in [0, 0.1) is 5.92 Å². The van der Waals surface area contributed by atoms with Crippen LogP contribution in [0.4, 0.5) is 4.79 Å². The second kappa shape index (κ2) is 8.87. The minimum atomic E-state index is 0.0242. The van der Waals surface area contributed by atoms with Crippen molar-refractivity contribution < 1.29 is 9.59 Å². The normalized spacial score (nSPS) is 16.8. The summed E-state index contributed by atoms with van der Waals surface area (Å²) >= 11 is 0. The van der Waals surface area contributed by atoms with Crippen molar-refractivity contribution in [2.75, 3.05) is 46.8 Å². The number of carbonyl (C=O) groups excluding carboxylic acids is 2. The summed E-state index contributed by atoms with van der Waals surface area (Å²) in [6.07, 6.45) is 3.59. The fraction of sp³-hybridized carbons (Fsp3) is 0.867. The summed E-state index contributed by atoms with van der Waals surface area (Å²) in [6, 6.07) is 0.0242. The Morgan fingerprint density at radius 3 is 2.14 bits per heavy atom. The van der Waals surface area contributed by atoms with Crippen molar-refractivity contribution in [1.82, 2.24) is 14.7 Å². The molecule has 0 aliphatic carbocycles. The number of nitrogens with two attached hydrogens (primary N) is 1. The van der Waals surface area contributed by atoms with Crippen molar-refractivity contribution in [3.8, 4) is 0 Å². The fourth-order valence-corrected chi connectivity index (χ4v) is 2.70.